The largest absolute Gasteiger partial charge is 0.417 e. The molecule has 8 atom stereocenters. The number of carbonyl (C=O) groups excluding carboxylic acids is 12. The van der Waals surface area contributed by atoms with Gasteiger partial charge in [-0.05, 0) is 125 Å². The maximum atomic E-state index is 15.6. The number of halogens is 4. The zero-order chi connectivity index (χ0) is 75.7. The second-order valence-corrected chi connectivity index (χ2v) is 30.8. The van der Waals surface area contributed by atoms with Gasteiger partial charge in [0, 0.05) is 74.9 Å². The van der Waals surface area contributed by atoms with Gasteiger partial charge in [-0.2, -0.15) is 13.2 Å². The van der Waals surface area contributed by atoms with Crippen molar-refractivity contribution in [3.8, 4) is 0 Å². The summed E-state index contributed by atoms with van der Waals surface area (Å²) in [6, 6.07) is -3.95. The normalized spacial score (nSPS) is 19.4. The number of alkyl halides is 3. The van der Waals surface area contributed by atoms with E-state index in [1.54, 1.807) is 4.90 Å². The van der Waals surface area contributed by atoms with Crippen LogP contribution in [0, 0.1) is 29.6 Å². The number of benzene rings is 1. The minimum absolute atomic E-state index is 0.00662. The molecule has 2 saturated heterocycles. The quantitative estimate of drug-likeness (QED) is 0.0655. The van der Waals surface area contributed by atoms with Crippen LogP contribution in [0.25, 0.3) is 0 Å². The number of aryl methyl sites for hydroxylation is 1. The SMILES string of the molecule is CCC(C)C(C)C(=O)N(C)CC(=O)N(C)CC(=O)N(C)[C@@H](CC1CCCCC1)C(=O)N(C)CC(=O)N[C@@H](CCc1ccc(C(F)(F)F)c(Cl)c1)C(=O)N1CCC[C@H]1C(=O)NC1(C(=O)N(C)[C@H](C(=O)N(C)[C@@H](CC(=O)N(C)[C@@H](CC(C)C)C(N)=O)C(=O)N2CCCCC2)C2CCCCC2)CCCC1. The standard InChI is InChI=1S/C74H116ClF3N12O12/c1-13-48(4)49(5)67(97)84(8)45-62(93)82(6)46-63(94)86(10)58(42-50-26-17-14-18-27-50)69(99)83(7)44-60(91)80-55(34-32-51-31-33-53(54(75)41-51)74(76,77)78)68(98)90-39-25-30-56(90)66(96)81-73(35-21-22-36-73)72(102)88(12)64(52-28-19-15-20-29-52)71(101)87(11)59(70(100)89-37-23-16-24-38-89)43-61(92)85(9)57(65(79)95)40-47(2)3/h31,33,41,47-50,52,55-59,64H,13-30,32,34-40,42-46H2,1-12H3,(H2,79,95)(H,80,91)(H,81,96)/t48?,49?,55-,56-,57-,58-,59-,64-/m0/s1. The van der Waals surface area contributed by atoms with E-state index in [1.165, 1.54) is 89.7 Å². The molecule has 102 heavy (non-hydrogen) atoms. The number of likely N-dealkylation sites (N-methyl/N-ethyl adjacent to an activating group) is 7. The summed E-state index contributed by atoms with van der Waals surface area (Å²) >= 11 is 6.17. The Morgan fingerprint density at radius 2 is 1.21 bits per heavy atom. The van der Waals surface area contributed by atoms with Gasteiger partial charge in [0.05, 0.1) is 36.6 Å². The predicted octanol–water partition coefficient (Wildman–Crippen LogP) is 7.05. The Morgan fingerprint density at radius 3 is 1.78 bits per heavy atom. The average Bonchev–Trinajstić information content (AvgIpc) is 1.03. The van der Waals surface area contributed by atoms with Crippen LogP contribution >= 0.6 is 11.6 Å². The molecule has 24 nitrogen and oxygen atoms in total. The van der Waals surface area contributed by atoms with Gasteiger partial charge in [0.15, 0.2) is 0 Å². The highest BCUT2D eigenvalue weighted by Crippen LogP contribution is 2.39. The topological polar surface area (TPSA) is 284 Å². The number of primary amides is 1. The van der Waals surface area contributed by atoms with Crippen molar-refractivity contribution in [3.05, 3.63) is 34.3 Å². The van der Waals surface area contributed by atoms with Crippen LogP contribution < -0.4 is 16.4 Å². The number of rotatable bonds is 32. The van der Waals surface area contributed by atoms with Gasteiger partial charge in [0.1, 0.15) is 41.8 Å². The Balaban J connectivity index is 1.24. The Hall–Kier alpha value is -7.06. The molecule has 2 aliphatic heterocycles. The van der Waals surface area contributed by atoms with Crippen molar-refractivity contribution >= 4 is 82.5 Å². The molecule has 2 unspecified atom stereocenters. The number of hydrogen-bond acceptors (Lipinski definition) is 12. The van der Waals surface area contributed by atoms with Crippen molar-refractivity contribution in [1.29, 1.82) is 0 Å². The fourth-order valence-electron chi connectivity index (χ4n) is 15.6. The first-order valence-corrected chi connectivity index (χ1v) is 37.6. The Bertz CT molecular complexity index is 3120. The minimum Gasteiger partial charge on any atom is -0.368 e. The average molecular weight is 1460 g/mol. The van der Waals surface area contributed by atoms with E-state index >= 15 is 19.2 Å². The third-order valence-corrected chi connectivity index (χ3v) is 22.8. The van der Waals surface area contributed by atoms with Crippen LogP contribution in [0.15, 0.2) is 18.2 Å². The molecule has 572 valence electrons. The fourth-order valence-corrected chi connectivity index (χ4v) is 16.0. The number of piperidine rings is 1. The minimum atomic E-state index is -4.76. The first kappa shape index (κ1) is 83.9. The number of amides is 12. The van der Waals surface area contributed by atoms with Crippen LogP contribution in [0.3, 0.4) is 0 Å². The monoisotopic (exact) mass is 1460 g/mol. The number of nitrogens with one attached hydrogen (secondary N) is 2. The van der Waals surface area contributed by atoms with Crippen molar-refractivity contribution in [2.24, 2.45) is 35.3 Å². The lowest BCUT2D eigenvalue weighted by Gasteiger charge is -2.43. The molecule has 6 rings (SSSR count). The summed E-state index contributed by atoms with van der Waals surface area (Å²) in [6.45, 7) is 9.10. The predicted molar refractivity (Wildman–Crippen MR) is 380 cm³/mol. The Labute approximate surface area is 606 Å². The third-order valence-electron chi connectivity index (χ3n) is 22.5. The zero-order valence-corrected chi connectivity index (χ0v) is 63.3. The lowest BCUT2D eigenvalue weighted by atomic mass is 9.81. The molecule has 0 spiro atoms. The Kier molecular flexibility index (Phi) is 31.3. The lowest BCUT2D eigenvalue weighted by molar-refractivity contribution is -0.157. The van der Waals surface area contributed by atoms with E-state index in [0.29, 0.717) is 50.8 Å². The fraction of sp³-hybridized carbons (Fsp3) is 0.757. The van der Waals surface area contributed by atoms with Gasteiger partial charge in [-0.3, -0.25) is 57.5 Å². The summed E-state index contributed by atoms with van der Waals surface area (Å²) in [5.41, 5.74) is 3.48. The molecule has 1 aromatic rings. The second-order valence-electron chi connectivity index (χ2n) is 30.4. The first-order valence-electron chi connectivity index (χ1n) is 37.2. The molecular weight excluding hydrogens is 1340 g/mol. The number of likely N-dealkylation sites (tertiary alicyclic amines) is 2. The highest BCUT2D eigenvalue weighted by Gasteiger charge is 2.51. The van der Waals surface area contributed by atoms with Crippen LogP contribution in [0.4, 0.5) is 13.2 Å². The molecule has 4 N–H and O–H groups in total. The van der Waals surface area contributed by atoms with Crippen molar-refractivity contribution in [1.82, 2.24) is 54.7 Å². The van der Waals surface area contributed by atoms with Crippen LogP contribution in [0.2, 0.25) is 5.02 Å². The lowest BCUT2D eigenvalue weighted by Crippen LogP contribution is -2.65. The first-order chi connectivity index (χ1) is 48.0. The van der Waals surface area contributed by atoms with E-state index in [0.717, 1.165) is 94.1 Å². The van der Waals surface area contributed by atoms with Gasteiger partial charge >= 0.3 is 6.18 Å². The molecule has 2 heterocycles. The molecule has 28 heteroatoms. The van der Waals surface area contributed by atoms with E-state index < -0.39 is 143 Å². The molecular formula is C74H116ClF3N12O12. The maximum absolute atomic E-state index is 15.6. The van der Waals surface area contributed by atoms with E-state index in [2.05, 4.69) is 10.6 Å². The summed E-state index contributed by atoms with van der Waals surface area (Å²) in [6.07, 6.45) is 8.06. The molecule has 12 amide bonds. The van der Waals surface area contributed by atoms with Gasteiger partial charge in [0.25, 0.3) is 0 Å². The van der Waals surface area contributed by atoms with Crippen molar-refractivity contribution in [3.63, 3.8) is 0 Å². The smallest absolute Gasteiger partial charge is 0.368 e. The van der Waals surface area contributed by atoms with Crippen LogP contribution in [-0.4, -0.2) is 245 Å². The van der Waals surface area contributed by atoms with E-state index in [4.69, 9.17) is 17.3 Å². The van der Waals surface area contributed by atoms with Gasteiger partial charge in [-0.25, -0.2) is 0 Å². The third kappa shape index (κ3) is 22.0. The molecule has 3 saturated carbocycles. The molecule has 0 bridgehead atoms. The van der Waals surface area contributed by atoms with Crippen molar-refractivity contribution < 1.29 is 70.7 Å². The maximum Gasteiger partial charge on any atom is 0.417 e. The highest BCUT2D eigenvalue weighted by molar-refractivity contribution is 6.31. The van der Waals surface area contributed by atoms with E-state index in [1.807, 2.05) is 34.6 Å². The molecule has 3 aliphatic carbocycles. The summed E-state index contributed by atoms with van der Waals surface area (Å²) in [4.78, 5) is 185. The summed E-state index contributed by atoms with van der Waals surface area (Å²) < 4.78 is 41.7. The second kappa shape index (κ2) is 38.1. The number of nitrogens with two attached hydrogens (primary N) is 1. The van der Waals surface area contributed by atoms with Crippen LogP contribution in [0.5, 0.6) is 0 Å². The highest BCUT2D eigenvalue weighted by atomic mass is 35.5. The number of nitrogens with zero attached hydrogens (tertiary/aromatic N) is 9. The molecule has 0 radical (unpaired) electrons. The molecule has 1 aromatic carbocycles. The number of hydrogen-bond donors (Lipinski definition) is 3. The summed E-state index contributed by atoms with van der Waals surface area (Å²) in [7, 11) is 10.3. The van der Waals surface area contributed by atoms with Crippen molar-refractivity contribution in [2.75, 3.05) is 88.6 Å². The van der Waals surface area contributed by atoms with Gasteiger partial charge < -0.3 is 60.5 Å². The molecule has 5 fully saturated rings. The van der Waals surface area contributed by atoms with Gasteiger partial charge in [0.2, 0.25) is 70.9 Å². The van der Waals surface area contributed by atoms with Crippen molar-refractivity contribution in [2.45, 2.75) is 243 Å². The molecule has 5 aliphatic rings. The van der Waals surface area contributed by atoms with Gasteiger partial charge in [-0.1, -0.05) is 123 Å². The van der Waals surface area contributed by atoms with E-state index in [9.17, 15) is 51.5 Å². The van der Waals surface area contributed by atoms with Crippen LogP contribution in [0.1, 0.15) is 200 Å². The van der Waals surface area contributed by atoms with E-state index in [-0.39, 0.29) is 93.5 Å². The summed E-state index contributed by atoms with van der Waals surface area (Å²) in [5.74, 6) is -7.42. The molecule has 0 aromatic heterocycles. The summed E-state index contributed by atoms with van der Waals surface area (Å²) in [5, 5.41) is 5.27. The Morgan fingerprint density at radius 1 is 0.627 bits per heavy atom. The van der Waals surface area contributed by atoms with Gasteiger partial charge in [-0.15, -0.1) is 0 Å². The number of carbonyl (C=O) groups is 12. The van der Waals surface area contributed by atoms with Crippen LogP contribution in [-0.2, 0) is 70.1 Å². The zero-order valence-electron chi connectivity index (χ0n) is 62.5.